The lowest BCUT2D eigenvalue weighted by Crippen LogP contribution is -2.30. The van der Waals surface area contributed by atoms with Crippen molar-refractivity contribution < 1.29 is 0 Å². The molecule has 0 saturated heterocycles. The maximum atomic E-state index is 6.48. The average Bonchev–Trinajstić information content (AvgIpc) is 3.04. The monoisotopic (exact) mass is 282 g/mol. The van der Waals surface area contributed by atoms with E-state index in [9.17, 15) is 0 Å². The van der Waals surface area contributed by atoms with E-state index in [-0.39, 0.29) is 0 Å². The summed E-state index contributed by atoms with van der Waals surface area (Å²) in [5, 5.41) is 2.70. The number of hydrogen-bond donors (Lipinski definition) is 2. The summed E-state index contributed by atoms with van der Waals surface area (Å²) in [4.78, 5) is 0. The van der Waals surface area contributed by atoms with E-state index >= 15 is 0 Å². The number of benzene rings is 2. The van der Waals surface area contributed by atoms with Crippen LogP contribution in [0.3, 0.4) is 0 Å². The Labute approximate surface area is 127 Å². The Hall–Kier alpha value is -1.38. The summed E-state index contributed by atoms with van der Waals surface area (Å²) in [6.07, 6.45) is 7.27. The van der Waals surface area contributed by atoms with Crippen molar-refractivity contribution in [3.8, 4) is 0 Å². The van der Waals surface area contributed by atoms with Crippen LogP contribution in [0.5, 0.6) is 0 Å². The zero-order valence-electron chi connectivity index (χ0n) is 12.7. The molecule has 2 aromatic carbocycles. The number of hydrogen-bond acceptors (Lipinski definition) is 2. The second-order valence-corrected chi connectivity index (χ2v) is 6.38. The van der Waals surface area contributed by atoms with Crippen molar-refractivity contribution >= 4 is 10.8 Å². The van der Waals surface area contributed by atoms with Crippen LogP contribution in [-0.4, -0.2) is 12.6 Å². The van der Waals surface area contributed by atoms with Crippen LogP contribution in [0, 0.1) is 5.92 Å². The molecule has 112 valence electrons. The van der Waals surface area contributed by atoms with Crippen LogP contribution >= 0.6 is 0 Å². The van der Waals surface area contributed by atoms with E-state index < -0.39 is 0 Å². The van der Waals surface area contributed by atoms with Crippen LogP contribution in [0.2, 0.25) is 0 Å². The van der Waals surface area contributed by atoms with E-state index in [0.717, 1.165) is 12.8 Å². The van der Waals surface area contributed by atoms with Crippen LogP contribution in [0.15, 0.2) is 36.4 Å². The normalized spacial score (nSPS) is 17.4. The summed E-state index contributed by atoms with van der Waals surface area (Å²) in [7, 11) is 0. The molecule has 2 heteroatoms. The third kappa shape index (κ3) is 3.12. The maximum absolute atomic E-state index is 6.48. The van der Waals surface area contributed by atoms with Crippen molar-refractivity contribution in [2.24, 2.45) is 17.4 Å². The molecule has 1 atom stereocenters. The van der Waals surface area contributed by atoms with Crippen LogP contribution in [0.4, 0.5) is 0 Å². The minimum atomic E-state index is 0.302. The zero-order chi connectivity index (χ0) is 14.7. The van der Waals surface area contributed by atoms with Gasteiger partial charge in [0.1, 0.15) is 0 Å². The molecule has 0 aliphatic heterocycles. The minimum absolute atomic E-state index is 0.302. The molecule has 1 saturated carbocycles. The molecule has 2 nitrogen and oxygen atoms in total. The van der Waals surface area contributed by atoms with Gasteiger partial charge in [-0.15, -0.1) is 0 Å². The molecule has 1 aliphatic carbocycles. The number of fused-ring (bicyclic) bond motifs is 1. The highest BCUT2D eigenvalue weighted by Crippen LogP contribution is 2.30. The fraction of sp³-hybridized carbons (Fsp3) is 0.474. The minimum Gasteiger partial charge on any atom is -0.330 e. The molecule has 1 unspecified atom stereocenters. The van der Waals surface area contributed by atoms with Gasteiger partial charge in [-0.2, -0.15) is 0 Å². The van der Waals surface area contributed by atoms with Crippen molar-refractivity contribution in [3.05, 3.63) is 47.5 Å². The quantitative estimate of drug-likeness (QED) is 0.883. The lowest BCUT2D eigenvalue weighted by molar-refractivity contribution is 0.430. The summed E-state index contributed by atoms with van der Waals surface area (Å²) in [5.41, 5.74) is 15.0. The molecule has 0 amide bonds. The molecule has 3 rings (SSSR count). The molecule has 1 aliphatic rings. The summed E-state index contributed by atoms with van der Waals surface area (Å²) < 4.78 is 0. The van der Waals surface area contributed by atoms with E-state index in [0.29, 0.717) is 18.5 Å². The largest absolute Gasteiger partial charge is 0.330 e. The first-order valence-corrected chi connectivity index (χ1v) is 8.24. The summed E-state index contributed by atoms with van der Waals surface area (Å²) in [6.45, 7) is 0.699. The van der Waals surface area contributed by atoms with Crippen LogP contribution < -0.4 is 11.5 Å². The smallest absolute Gasteiger partial charge is 0.0108 e. The Morgan fingerprint density at radius 1 is 0.952 bits per heavy atom. The first-order chi connectivity index (χ1) is 10.3. The Kier molecular flexibility index (Phi) is 4.57. The van der Waals surface area contributed by atoms with Gasteiger partial charge in [0, 0.05) is 6.04 Å². The highest BCUT2D eigenvalue weighted by Gasteiger charge is 2.22. The van der Waals surface area contributed by atoms with E-state index in [1.54, 1.807) is 0 Å². The number of nitrogens with two attached hydrogens (primary N) is 2. The molecule has 21 heavy (non-hydrogen) atoms. The molecule has 0 heterocycles. The zero-order valence-corrected chi connectivity index (χ0v) is 12.7. The predicted molar refractivity (Wildman–Crippen MR) is 90.3 cm³/mol. The first-order valence-electron chi connectivity index (χ1n) is 8.24. The van der Waals surface area contributed by atoms with Gasteiger partial charge in [-0.25, -0.2) is 0 Å². The molecule has 0 aromatic heterocycles. The van der Waals surface area contributed by atoms with Gasteiger partial charge in [0.15, 0.2) is 0 Å². The third-order valence-corrected chi connectivity index (χ3v) is 4.98. The standard InChI is InChI=1S/C19H26N2/c20-12-11-14-9-10-16(18-8-4-3-7-17(14)18)13-19(21)15-5-1-2-6-15/h3-4,7-10,15,19H,1-2,5-6,11-13,20-21H2. The molecular formula is C19H26N2. The molecule has 1 fully saturated rings. The van der Waals surface area contributed by atoms with Crippen LogP contribution in [0.25, 0.3) is 10.8 Å². The fourth-order valence-electron chi connectivity index (χ4n) is 3.78. The second-order valence-electron chi connectivity index (χ2n) is 6.38. The van der Waals surface area contributed by atoms with Crippen molar-refractivity contribution in [2.75, 3.05) is 6.54 Å². The molecule has 0 bridgehead atoms. The van der Waals surface area contributed by atoms with E-state index in [2.05, 4.69) is 36.4 Å². The molecule has 2 aromatic rings. The molecule has 4 N–H and O–H groups in total. The predicted octanol–water partition coefficient (Wildman–Crippen LogP) is 3.40. The van der Waals surface area contributed by atoms with Gasteiger partial charge in [-0.05, 0) is 60.0 Å². The van der Waals surface area contributed by atoms with Crippen molar-refractivity contribution in [1.82, 2.24) is 0 Å². The van der Waals surface area contributed by atoms with Gasteiger partial charge in [0.2, 0.25) is 0 Å². The SMILES string of the molecule is NCCc1ccc(CC(N)C2CCCC2)c2ccccc12. The fourth-order valence-corrected chi connectivity index (χ4v) is 3.78. The maximum Gasteiger partial charge on any atom is 0.0108 e. The van der Waals surface area contributed by atoms with Gasteiger partial charge in [-0.1, -0.05) is 49.2 Å². The van der Waals surface area contributed by atoms with Gasteiger partial charge >= 0.3 is 0 Å². The molecule has 0 spiro atoms. The lowest BCUT2D eigenvalue weighted by atomic mass is 9.89. The van der Waals surface area contributed by atoms with Gasteiger partial charge < -0.3 is 11.5 Å². The summed E-state index contributed by atoms with van der Waals surface area (Å²) in [6, 6.07) is 13.5. The summed E-state index contributed by atoms with van der Waals surface area (Å²) >= 11 is 0. The Balaban J connectivity index is 1.90. The van der Waals surface area contributed by atoms with E-state index in [1.807, 2.05) is 0 Å². The summed E-state index contributed by atoms with van der Waals surface area (Å²) in [5.74, 6) is 0.715. The number of rotatable bonds is 5. The van der Waals surface area contributed by atoms with E-state index in [1.165, 1.54) is 47.6 Å². The van der Waals surface area contributed by atoms with Crippen LogP contribution in [0.1, 0.15) is 36.8 Å². The third-order valence-electron chi connectivity index (χ3n) is 4.98. The lowest BCUT2D eigenvalue weighted by Gasteiger charge is -2.20. The van der Waals surface area contributed by atoms with Crippen molar-refractivity contribution in [1.29, 1.82) is 0 Å². The highest BCUT2D eigenvalue weighted by atomic mass is 14.7. The van der Waals surface area contributed by atoms with Gasteiger partial charge in [0.05, 0.1) is 0 Å². The second kappa shape index (κ2) is 6.59. The molecular weight excluding hydrogens is 256 g/mol. The highest BCUT2D eigenvalue weighted by molar-refractivity contribution is 5.88. The Morgan fingerprint density at radius 3 is 2.24 bits per heavy atom. The average molecular weight is 282 g/mol. The van der Waals surface area contributed by atoms with Crippen LogP contribution in [-0.2, 0) is 12.8 Å². The first kappa shape index (κ1) is 14.6. The Morgan fingerprint density at radius 2 is 1.57 bits per heavy atom. The van der Waals surface area contributed by atoms with Crippen molar-refractivity contribution in [2.45, 2.75) is 44.6 Å². The molecule has 0 radical (unpaired) electrons. The van der Waals surface area contributed by atoms with Gasteiger partial charge in [-0.3, -0.25) is 0 Å². The van der Waals surface area contributed by atoms with Gasteiger partial charge in [0.25, 0.3) is 0 Å². The topological polar surface area (TPSA) is 52.0 Å². The van der Waals surface area contributed by atoms with Crippen molar-refractivity contribution in [3.63, 3.8) is 0 Å². The van der Waals surface area contributed by atoms with E-state index in [4.69, 9.17) is 11.5 Å². The Bertz CT molecular complexity index is 600.